The van der Waals surface area contributed by atoms with Gasteiger partial charge in [-0.3, -0.25) is 4.79 Å². The number of azide groups is 1. The summed E-state index contributed by atoms with van der Waals surface area (Å²) in [4.78, 5) is 12.2. The summed E-state index contributed by atoms with van der Waals surface area (Å²) in [5.74, 6) is 0. The predicted molar refractivity (Wildman–Crippen MR) is 29.0 cm³/mol. The van der Waals surface area contributed by atoms with Gasteiger partial charge < -0.3 is 0 Å². The first-order valence-corrected chi connectivity index (χ1v) is 1.97. The third-order valence-corrected chi connectivity index (χ3v) is 0.499. The van der Waals surface area contributed by atoms with E-state index in [1.807, 2.05) is 0 Å². The molecule has 0 rings (SSSR count). The minimum atomic E-state index is 0.419. The lowest BCUT2D eigenvalue weighted by Crippen LogP contribution is -1.70. The van der Waals surface area contributed by atoms with Crippen molar-refractivity contribution in [2.45, 2.75) is 6.92 Å². The van der Waals surface area contributed by atoms with Gasteiger partial charge in [0.2, 0.25) is 0 Å². The Hall–Kier alpha value is -1.28. The van der Waals surface area contributed by atoms with Crippen molar-refractivity contribution in [3.05, 3.63) is 22.2 Å². The van der Waals surface area contributed by atoms with Crippen LogP contribution in [0, 0.1) is 0 Å². The summed E-state index contributed by atoms with van der Waals surface area (Å²) < 4.78 is 0. The van der Waals surface area contributed by atoms with Crippen molar-refractivity contribution < 1.29 is 4.79 Å². The van der Waals surface area contributed by atoms with Gasteiger partial charge in [-0.2, -0.15) is 0 Å². The van der Waals surface area contributed by atoms with Crippen LogP contribution in [0.3, 0.4) is 0 Å². The average Bonchev–Trinajstić information content (AvgIpc) is 1.83. The second-order valence-corrected chi connectivity index (χ2v) is 1.20. The molecule has 8 heavy (non-hydrogen) atoms. The van der Waals surface area contributed by atoms with Crippen LogP contribution in [0.5, 0.6) is 0 Å². The Morgan fingerprint density at radius 3 is 2.88 bits per heavy atom. The van der Waals surface area contributed by atoms with Crippen LogP contribution < -0.4 is 0 Å². The molecule has 0 aliphatic heterocycles. The molecule has 0 fully saturated rings. The van der Waals surface area contributed by atoms with Crippen LogP contribution in [0.4, 0.5) is 0 Å². The monoisotopic (exact) mass is 111 g/mol. The normalized spacial score (nSPS) is 9.88. The predicted octanol–water partition coefficient (Wildman–Crippen LogP) is 1.40. The number of nitrogens with zero attached hydrogens (tertiary/aromatic N) is 3. The van der Waals surface area contributed by atoms with Gasteiger partial charge in [0.15, 0.2) is 0 Å². The third-order valence-electron chi connectivity index (χ3n) is 0.499. The molecule has 0 aliphatic rings. The highest BCUT2D eigenvalue weighted by Crippen LogP contribution is 1.85. The quantitative estimate of drug-likeness (QED) is 0.174. The highest BCUT2D eigenvalue weighted by molar-refractivity contribution is 5.71. The van der Waals surface area contributed by atoms with Crippen LogP contribution in [-0.4, -0.2) is 6.29 Å². The molecular weight excluding hydrogens is 106 g/mol. The van der Waals surface area contributed by atoms with Crippen molar-refractivity contribution in [2.24, 2.45) is 5.11 Å². The maximum absolute atomic E-state index is 9.76. The summed E-state index contributed by atoms with van der Waals surface area (Å²) in [6.07, 6.45) is 1.78. The van der Waals surface area contributed by atoms with Gasteiger partial charge in [0, 0.05) is 11.1 Å². The summed E-state index contributed by atoms with van der Waals surface area (Å²) in [7, 11) is 0. The number of allylic oxidation sites excluding steroid dienone is 1. The lowest BCUT2D eigenvalue weighted by atomic mass is 10.4. The fourth-order valence-electron chi connectivity index (χ4n) is 0.147. The van der Waals surface area contributed by atoms with Crippen molar-refractivity contribution >= 4 is 6.29 Å². The first kappa shape index (κ1) is 6.72. The van der Waals surface area contributed by atoms with Gasteiger partial charge in [-0.1, -0.05) is 5.11 Å². The van der Waals surface area contributed by atoms with E-state index in [2.05, 4.69) is 10.0 Å². The molecule has 0 saturated carbocycles. The van der Waals surface area contributed by atoms with Gasteiger partial charge in [-0.25, -0.2) is 0 Å². The summed E-state index contributed by atoms with van der Waals surface area (Å²) in [6, 6.07) is 0. The average molecular weight is 111 g/mol. The van der Waals surface area contributed by atoms with Crippen LogP contribution in [0.1, 0.15) is 6.92 Å². The van der Waals surface area contributed by atoms with Gasteiger partial charge in [0.25, 0.3) is 0 Å². The van der Waals surface area contributed by atoms with Crippen LogP contribution in [0.2, 0.25) is 0 Å². The van der Waals surface area contributed by atoms with E-state index < -0.39 is 0 Å². The van der Waals surface area contributed by atoms with Gasteiger partial charge in [-0.15, -0.1) is 0 Å². The number of rotatable bonds is 2. The summed E-state index contributed by atoms with van der Waals surface area (Å²) in [6.45, 7) is 1.56. The Labute approximate surface area is 46.4 Å². The van der Waals surface area contributed by atoms with Gasteiger partial charge in [0.05, 0.1) is 0 Å². The molecule has 0 radical (unpaired) electrons. The Kier molecular flexibility index (Phi) is 3.27. The highest BCUT2D eigenvalue weighted by Gasteiger charge is 1.75. The standard InChI is InChI=1S/C4H5N3O/c1-4(3-8)2-6-7-5/h2-3H,1H3/b4-2+. The van der Waals surface area contributed by atoms with Crippen molar-refractivity contribution in [3.63, 3.8) is 0 Å². The largest absolute Gasteiger partial charge is 0.298 e. The fourth-order valence-corrected chi connectivity index (χ4v) is 0.147. The molecule has 0 amide bonds. The molecule has 0 spiro atoms. The molecule has 0 aromatic carbocycles. The molecule has 0 aromatic rings. The van der Waals surface area contributed by atoms with Crippen molar-refractivity contribution in [1.82, 2.24) is 0 Å². The molecule has 42 valence electrons. The van der Waals surface area contributed by atoms with E-state index in [-0.39, 0.29) is 0 Å². The molecule has 0 aliphatic carbocycles. The molecule has 4 heteroatoms. The molecular formula is C4H5N3O. The third kappa shape index (κ3) is 2.93. The Morgan fingerprint density at radius 2 is 2.50 bits per heavy atom. The smallest absolute Gasteiger partial charge is 0.145 e. The lowest BCUT2D eigenvalue weighted by molar-refractivity contribution is -0.104. The SMILES string of the molecule is C/C(C=O)=C\N=[N+]=[N-]. The molecule has 0 saturated heterocycles. The lowest BCUT2D eigenvalue weighted by Gasteiger charge is -1.74. The highest BCUT2D eigenvalue weighted by atomic mass is 16.1. The van der Waals surface area contributed by atoms with Crippen molar-refractivity contribution in [2.75, 3.05) is 0 Å². The zero-order chi connectivity index (χ0) is 6.41. The second-order valence-electron chi connectivity index (χ2n) is 1.20. The van der Waals surface area contributed by atoms with Crippen LogP contribution >= 0.6 is 0 Å². The summed E-state index contributed by atoms with van der Waals surface area (Å²) >= 11 is 0. The zero-order valence-electron chi connectivity index (χ0n) is 4.40. The number of hydrogen-bond donors (Lipinski definition) is 0. The van der Waals surface area contributed by atoms with Gasteiger partial charge in [0.1, 0.15) is 6.29 Å². The van der Waals surface area contributed by atoms with Crippen LogP contribution in [-0.2, 0) is 4.79 Å². The Balaban J connectivity index is 3.93. The van der Waals surface area contributed by atoms with Gasteiger partial charge >= 0.3 is 0 Å². The van der Waals surface area contributed by atoms with E-state index in [0.29, 0.717) is 11.9 Å². The molecule has 0 heterocycles. The minimum absolute atomic E-state index is 0.419. The molecule has 0 atom stereocenters. The maximum atomic E-state index is 9.76. The van der Waals surface area contributed by atoms with E-state index in [0.717, 1.165) is 6.20 Å². The van der Waals surface area contributed by atoms with Crippen LogP contribution in [0.25, 0.3) is 10.4 Å². The molecule has 0 bridgehead atoms. The van der Waals surface area contributed by atoms with Gasteiger partial charge in [-0.05, 0) is 18.0 Å². The van der Waals surface area contributed by atoms with E-state index in [1.165, 1.54) is 0 Å². The number of hydrogen-bond acceptors (Lipinski definition) is 2. The van der Waals surface area contributed by atoms with E-state index >= 15 is 0 Å². The minimum Gasteiger partial charge on any atom is -0.298 e. The number of carbonyl (C=O) groups is 1. The fraction of sp³-hybridized carbons (Fsp3) is 0.250. The molecule has 0 unspecified atom stereocenters. The van der Waals surface area contributed by atoms with Crippen molar-refractivity contribution in [1.29, 1.82) is 0 Å². The first-order chi connectivity index (χ1) is 3.81. The zero-order valence-corrected chi connectivity index (χ0v) is 4.40. The molecule has 0 aromatic heterocycles. The van der Waals surface area contributed by atoms with Crippen molar-refractivity contribution in [3.8, 4) is 0 Å². The summed E-state index contributed by atoms with van der Waals surface area (Å²) in [5, 5.41) is 3.03. The van der Waals surface area contributed by atoms with E-state index in [9.17, 15) is 4.79 Å². The maximum Gasteiger partial charge on any atom is 0.145 e. The second kappa shape index (κ2) is 3.89. The molecule has 0 N–H and O–H groups in total. The van der Waals surface area contributed by atoms with E-state index in [1.54, 1.807) is 6.92 Å². The number of carbonyl (C=O) groups excluding carboxylic acids is 1. The first-order valence-electron chi connectivity index (χ1n) is 1.97. The Bertz CT molecular complexity index is 155. The Morgan fingerprint density at radius 1 is 1.88 bits per heavy atom. The topological polar surface area (TPSA) is 65.8 Å². The summed E-state index contributed by atoms with van der Waals surface area (Å²) in [5.41, 5.74) is 8.13. The van der Waals surface area contributed by atoms with E-state index in [4.69, 9.17) is 5.53 Å². The number of aldehydes is 1. The van der Waals surface area contributed by atoms with Crippen LogP contribution in [0.15, 0.2) is 16.9 Å². The molecule has 4 nitrogen and oxygen atoms in total.